The van der Waals surface area contributed by atoms with Gasteiger partial charge >= 0.3 is 0 Å². The Balaban J connectivity index is 1.56. The van der Waals surface area contributed by atoms with E-state index in [4.69, 9.17) is 14.7 Å². The summed E-state index contributed by atoms with van der Waals surface area (Å²) in [6.45, 7) is 9.31. The SMILES string of the molecule is Cc1ccc(S(=O)(=O)n2ccc3c(-c4nc(N5CCOC[C@H]5C)cc(-n5c(C)nnc5C)n4)cc(F)cc32)cc1. The third kappa shape index (κ3) is 4.42. The molecule has 10 nitrogen and oxygen atoms in total. The third-order valence-corrected chi connectivity index (χ3v) is 8.84. The standard InChI is InChI=1S/C28H28FN7O3S/c1-17-5-7-22(8-6-17)40(37,38)35-10-9-23-24(13-21(29)14-25(23)35)28-30-26(34-11-12-39-16-18(34)2)15-27(31-28)36-19(3)32-33-20(36)4/h5-10,13-15,18H,11-12,16H2,1-4H3/t18-/m1/s1. The first-order chi connectivity index (χ1) is 19.1. The second-order valence-electron chi connectivity index (χ2n) is 9.97. The van der Waals surface area contributed by atoms with Crippen LogP contribution in [0.2, 0.25) is 0 Å². The number of rotatable bonds is 5. The molecular formula is C28H28FN7O3S. The normalized spacial score (nSPS) is 16.1. The molecule has 0 aliphatic carbocycles. The van der Waals surface area contributed by atoms with Crippen LogP contribution in [0.5, 0.6) is 0 Å². The van der Waals surface area contributed by atoms with Crippen LogP contribution in [0.4, 0.5) is 10.2 Å². The molecule has 0 N–H and O–H groups in total. The van der Waals surface area contributed by atoms with Gasteiger partial charge in [-0.05, 0) is 58.0 Å². The first-order valence-corrected chi connectivity index (χ1v) is 14.3. The van der Waals surface area contributed by atoms with Crippen molar-refractivity contribution in [3.63, 3.8) is 0 Å². The fraction of sp³-hybridized carbons (Fsp3) is 0.286. The van der Waals surface area contributed by atoms with E-state index in [2.05, 4.69) is 15.1 Å². The van der Waals surface area contributed by atoms with Crippen LogP contribution >= 0.6 is 0 Å². The molecule has 3 aromatic heterocycles. The Morgan fingerprint density at radius 3 is 2.35 bits per heavy atom. The largest absolute Gasteiger partial charge is 0.377 e. The number of benzene rings is 2. The third-order valence-electron chi connectivity index (χ3n) is 7.13. The summed E-state index contributed by atoms with van der Waals surface area (Å²) < 4.78 is 50.8. The fourth-order valence-electron chi connectivity index (χ4n) is 5.07. The number of ether oxygens (including phenoxy) is 1. The van der Waals surface area contributed by atoms with E-state index in [9.17, 15) is 8.42 Å². The van der Waals surface area contributed by atoms with Gasteiger partial charge in [-0.15, -0.1) is 10.2 Å². The molecule has 0 radical (unpaired) electrons. The van der Waals surface area contributed by atoms with E-state index in [1.54, 1.807) is 30.3 Å². The topological polar surface area (TPSA) is 108 Å². The van der Waals surface area contributed by atoms with Gasteiger partial charge in [-0.25, -0.2) is 26.7 Å². The number of hydrogen-bond acceptors (Lipinski definition) is 8. The lowest BCUT2D eigenvalue weighted by atomic mass is 10.1. The van der Waals surface area contributed by atoms with E-state index in [0.717, 1.165) is 9.54 Å². The lowest BCUT2D eigenvalue weighted by Crippen LogP contribution is -2.44. The molecule has 0 amide bonds. The number of nitrogens with zero attached hydrogens (tertiary/aromatic N) is 7. The summed E-state index contributed by atoms with van der Waals surface area (Å²) in [7, 11) is -3.98. The molecule has 206 valence electrons. The van der Waals surface area contributed by atoms with Crippen molar-refractivity contribution in [3.05, 3.63) is 77.8 Å². The molecule has 1 aliphatic rings. The average molecular weight is 562 g/mol. The summed E-state index contributed by atoms with van der Waals surface area (Å²) in [5.41, 5.74) is 1.51. The van der Waals surface area contributed by atoms with Crippen LogP contribution in [0.1, 0.15) is 24.1 Å². The summed E-state index contributed by atoms with van der Waals surface area (Å²) in [4.78, 5) is 11.9. The Morgan fingerprint density at radius 2 is 1.65 bits per heavy atom. The summed E-state index contributed by atoms with van der Waals surface area (Å²) in [5, 5.41) is 8.85. The number of morpholine rings is 1. The van der Waals surface area contributed by atoms with Crippen molar-refractivity contribution in [2.75, 3.05) is 24.7 Å². The molecule has 0 bridgehead atoms. The smallest absolute Gasteiger partial charge is 0.268 e. The first kappa shape index (κ1) is 26.1. The molecule has 4 heterocycles. The lowest BCUT2D eigenvalue weighted by molar-refractivity contribution is 0.0985. The second kappa shape index (κ2) is 9.79. The molecule has 1 fully saturated rings. The number of aromatic nitrogens is 6. The molecule has 1 aliphatic heterocycles. The van der Waals surface area contributed by atoms with Gasteiger partial charge < -0.3 is 9.64 Å². The molecule has 0 spiro atoms. The van der Waals surface area contributed by atoms with Gasteiger partial charge in [0, 0.05) is 29.8 Å². The number of halogens is 1. The zero-order chi connectivity index (χ0) is 28.2. The van der Waals surface area contributed by atoms with Crippen molar-refractivity contribution >= 4 is 26.7 Å². The Bertz CT molecular complexity index is 1830. The number of anilines is 1. The number of aryl methyl sites for hydroxylation is 3. The van der Waals surface area contributed by atoms with Gasteiger partial charge in [0.1, 0.15) is 29.1 Å². The minimum absolute atomic E-state index is 0.0562. The maximum atomic E-state index is 15.2. The van der Waals surface area contributed by atoms with Crippen LogP contribution in [0.15, 0.2) is 59.6 Å². The van der Waals surface area contributed by atoms with Gasteiger partial charge in [-0.2, -0.15) is 0 Å². The molecule has 5 aromatic rings. The van der Waals surface area contributed by atoms with E-state index in [1.807, 2.05) is 38.3 Å². The van der Waals surface area contributed by atoms with Gasteiger partial charge in [0.25, 0.3) is 10.0 Å². The highest BCUT2D eigenvalue weighted by atomic mass is 32.2. The monoisotopic (exact) mass is 561 g/mol. The molecule has 2 aromatic carbocycles. The Hall–Kier alpha value is -4.16. The first-order valence-electron chi connectivity index (χ1n) is 12.9. The zero-order valence-electron chi connectivity index (χ0n) is 22.5. The minimum atomic E-state index is -3.98. The molecular weight excluding hydrogens is 533 g/mol. The van der Waals surface area contributed by atoms with E-state index >= 15 is 4.39 Å². The van der Waals surface area contributed by atoms with Crippen LogP contribution in [0.3, 0.4) is 0 Å². The van der Waals surface area contributed by atoms with Gasteiger partial charge in [0.05, 0.1) is 29.7 Å². The van der Waals surface area contributed by atoms with Crippen molar-refractivity contribution in [1.29, 1.82) is 0 Å². The van der Waals surface area contributed by atoms with Gasteiger partial charge in [-0.3, -0.25) is 4.57 Å². The van der Waals surface area contributed by atoms with Crippen LogP contribution in [-0.2, 0) is 14.8 Å². The summed E-state index contributed by atoms with van der Waals surface area (Å²) in [6.07, 6.45) is 1.44. The van der Waals surface area contributed by atoms with E-state index in [-0.39, 0.29) is 22.3 Å². The van der Waals surface area contributed by atoms with Gasteiger partial charge in [-0.1, -0.05) is 17.7 Å². The number of hydrogen-bond donors (Lipinski definition) is 0. The van der Waals surface area contributed by atoms with Crippen molar-refractivity contribution < 1.29 is 17.5 Å². The van der Waals surface area contributed by atoms with Crippen LogP contribution < -0.4 is 4.90 Å². The molecule has 0 unspecified atom stereocenters. The summed E-state index contributed by atoms with van der Waals surface area (Å²) in [6, 6.07) is 12.7. The number of fused-ring (bicyclic) bond motifs is 1. The molecule has 12 heteroatoms. The van der Waals surface area contributed by atoms with E-state index in [0.29, 0.717) is 54.0 Å². The highest BCUT2D eigenvalue weighted by Crippen LogP contribution is 2.33. The summed E-state index contributed by atoms with van der Waals surface area (Å²) >= 11 is 0. The average Bonchev–Trinajstić information content (AvgIpc) is 3.51. The van der Waals surface area contributed by atoms with Crippen LogP contribution in [0.25, 0.3) is 28.1 Å². The minimum Gasteiger partial charge on any atom is -0.377 e. The zero-order valence-corrected chi connectivity index (χ0v) is 23.4. The van der Waals surface area contributed by atoms with Crippen LogP contribution in [0, 0.1) is 26.6 Å². The Morgan fingerprint density at radius 1 is 0.950 bits per heavy atom. The highest BCUT2D eigenvalue weighted by molar-refractivity contribution is 7.90. The fourth-order valence-corrected chi connectivity index (χ4v) is 6.41. The van der Waals surface area contributed by atoms with Crippen molar-refractivity contribution in [2.45, 2.75) is 38.6 Å². The molecule has 0 saturated carbocycles. The predicted octanol–water partition coefficient (Wildman–Crippen LogP) is 4.21. The summed E-state index contributed by atoms with van der Waals surface area (Å²) in [5.74, 6) is 2.11. The van der Waals surface area contributed by atoms with Gasteiger partial charge in [0.15, 0.2) is 5.82 Å². The van der Waals surface area contributed by atoms with Gasteiger partial charge in [0.2, 0.25) is 0 Å². The molecule has 1 saturated heterocycles. The van der Waals surface area contributed by atoms with Crippen molar-refractivity contribution in [3.8, 4) is 17.2 Å². The lowest BCUT2D eigenvalue weighted by Gasteiger charge is -2.34. The second-order valence-corrected chi connectivity index (χ2v) is 11.8. The van der Waals surface area contributed by atoms with Crippen LogP contribution in [-0.4, -0.2) is 62.9 Å². The van der Waals surface area contributed by atoms with Crippen molar-refractivity contribution in [2.24, 2.45) is 0 Å². The molecule has 40 heavy (non-hydrogen) atoms. The maximum absolute atomic E-state index is 15.2. The molecule has 6 rings (SSSR count). The van der Waals surface area contributed by atoms with E-state index in [1.165, 1.54) is 18.3 Å². The predicted molar refractivity (Wildman–Crippen MR) is 149 cm³/mol. The van der Waals surface area contributed by atoms with Crippen molar-refractivity contribution in [1.82, 2.24) is 28.7 Å². The highest BCUT2D eigenvalue weighted by Gasteiger charge is 2.25. The molecule has 1 atom stereocenters. The van der Waals surface area contributed by atoms with E-state index < -0.39 is 15.8 Å². The Labute approximate surface area is 231 Å². The maximum Gasteiger partial charge on any atom is 0.268 e. The quantitative estimate of drug-likeness (QED) is 0.314. The Kier molecular flexibility index (Phi) is 6.38.